The molecule has 1 aromatic rings. The van der Waals surface area contributed by atoms with Gasteiger partial charge in [0.2, 0.25) is 0 Å². The highest BCUT2D eigenvalue weighted by Gasteiger charge is 2.11. The van der Waals surface area contributed by atoms with Crippen molar-refractivity contribution >= 4 is 21.6 Å². The number of nitrogens with one attached hydrogen (secondary N) is 1. The molecule has 6 nitrogen and oxygen atoms in total. The summed E-state index contributed by atoms with van der Waals surface area (Å²) in [5.74, 6) is 0. The van der Waals surface area contributed by atoms with Crippen molar-refractivity contribution in [1.29, 1.82) is 0 Å². The summed E-state index contributed by atoms with van der Waals surface area (Å²) in [6.45, 7) is 1.86. The molecule has 0 radical (unpaired) electrons. The normalized spacial score (nSPS) is 10.8. The predicted octanol–water partition coefficient (Wildman–Crippen LogP) is -0.209. The fraction of sp³-hybridized carbons (Fsp3) is 0.556. The van der Waals surface area contributed by atoms with Crippen LogP contribution >= 0.6 is 15.9 Å². The first kappa shape index (κ1) is 13.1. The molecule has 0 saturated carbocycles. The van der Waals surface area contributed by atoms with Crippen LogP contribution < -0.4 is 10.9 Å². The molecule has 0 unspecified atom stereocenters. The molecule has 0 aliphatic heterocycles. The van der Waals surface area contributed by atoms with Crippen molar-refractivity contribution < 1.29 is 10.2 Å². The van der Waals surface area contributed by atoms with Crippen molar-refractivity contribution in [1.82, 2.24) is 9.78 Å². The summed E-state index contributed by atoms with van der Waals surface area (Å²) in [6.07, 6.45) is 1.48. The highest BCUT2D eigenvalue weighted by atomic mass is 79.9. The Morgan fingerprint density at radius 1 is 1.56 bits per heavy atom. The summed E-state index contributed by atoms with van der Waals surface area (Å²) in [5.41, 5.74) is 0.213. The number of anilines is 1. The van der Waals surface area contributed by atoms with Crippen molar-refractivity contribution in [3.63, 3.8) is 0 Å². The topological polar surface area (TPSA) is 87.4 Å². The molecule has 90 valence electrons. The minimum absolute atomic E-state index is 0.222. The number of hydrogen-bond donors (Lipinski definition) is 3. The van der Waals surface area contributed by atoms with Gasteiger partial charge in [-0.2, -0.15) is 5.10 Å². The molecular formula is C9H14BrN3O3. The van der Waals surface area contributed by atoms with Crippen molar-refractivity contribution in [3.8, 4) is 0 Å². The number of nitrogens with zero attached hydrogens (tertiary/aromatic N) is 2. The standard InChI is InChI=1S/C9H14BrN3O3/c1-2-13-9(16)8(10)7(3-11-13)12-6(4-14)5-15/h3,6,12,14-15H,2,4-5H2,1H3. The van der Waals surface area contributed by atoms with Crippen LogP contribution in [-0.2, 0) is 6.54 Å². The van der Waals surface area contributed by atoms with Crippen LogP contribution in [0.4, 0.5) is 5.69 Å². The highest BCUT2D eigenvalue weighted by molar-refractivity contribution is 9.10. The van der Waals surface area contributed by atoms with E-state index in [1.165, 1.54) is 10.9 Å². The first-order valence-corrected chi connectivity index (χ1v) is 5.67. The summed E-state index contributed by atoms with van der Waals surface area (Å²) < 4.78 is 1.65. The molecule has 0 amide bonds. The van der Waals surface area contributed by atoms with Crippen LogP contribution in [-0.4, -0.2) is 39.2 Å². The zero-order chi connectivity index (χ0) is 12.1. The Balaban J connectivity index is 2.99. The van der Waals surface area contributed by atoms with Crippen molar-refractivity contribution in [2.24, 2.45) is 0 Å². The minimum atomic E-state index is -0.505. The molecule has 0 aliphatic carbocycles. The first-order chi connectivity index (χ1) is 7.63. The van der Waals surface area contributed by atoms with Crippen LogP contribution in [0.5, 0.6) is 0 Å². The van der Waals surface area contributed by atoms with Crippen molar-refractivity contribution in [3.05, 3.63) is 21.0 Å². The molecule has 1 rings (SSSR count). The Morgan fingerprint density at radius 2 is 2.19 bits per heavy atom. The SMILES string of the molecule is CCn1ncc(NC(CO)CO)c(Br)c1=O. The van der Waals surface area contributed by atoms with Crippen molar-refractivity contribution in [2.75, 3.05) is 18.5 Å². The fourth-order valence-electron chi connectivity index (χ4n) is 1.16. The number of hydrogen-bond acceptors (Lipinski definition) is 5. The highest BCUT2D eigenvalue weighted by Crippen LogP contribution is 2.16. The number of aliphatic hydroxyl groups excluding tert-OH is 2. The second kappa shape index (κ2) is 5.97. The Bertz CT molecular complexity index is 403. The molecule has 0 fully saturated rings. The fourth-order valence-corrected chi connectivity index (χ4v) is 1.58. The van der Waals surface area contributed by atoms with Gasteiger partial charge in [0.05, 0.1) is 31.1 Å². The van der Waals surface area contributed by atoms with E-state index in [0.29, 0.717) is 16.7 Å². The van der Waals surface area contributed by atoms with Gasteiger partial charge in [0.1, 0.15) is 4.47 Å². The third kappa shape index (κ3) is 2.81. The molecule has 0 atom stereocenters. The quantitative estimate of drug-likeness (QED) is 0.699. The molecule has 1 heterocycles. The molecule has 7 heteroatoms. The summed E-state index contributed by atoms with van der Waals surface area (Å²) in [7, 11) is 0. The van der Waals surface area contributed by atoms with E-state index in [1.54, 1.807) is 0 Å². The summed E-state index contributed by atoms with van der Waals surface area (Å²) in [6, 6.07) is -0.505. The molecule has 1 aromatic heterocycles. The van der Waals surface area contributed by atoms with E-state index < -0.39 is 6.04 Å². The van der Waals surface area contributed by atoms with Crippen molar-refractivity contribution in [2.45, 2.75) is 19.5 Å². The van der Waals surface area contributed by atoms with E-state index in [0.717, 1.165) is 0 Å². The predicted molar refractivity (Wildman–Crippen MR) is 63.5 cm³/mol. The molecule has 0 aromatic carbocycles. The molecule has 3 N–H and O–H groups in total. The lowest BCUT2D eigenvalue weighted by molar-refractivity contribution is 0.204. The van der Waals surface area contributed by atoms with Gasteiger partial charge in [-0.1, -0.05) is 0 Å². The largest absolute Gasteiger partial charge is 0.394 e. The summed E-state index contributed by atoms with van der Waals surface area (Å²) in [4.78, 5) is 11.7. The Hall–Kier alpha value is -0.920. The molecule has 0 saturated heterocycles. The van der Waals surface area contributed by atoms with E-state index in [-0.39, 0.29) is 18.8 Å². The number of aryl methyl sites for hydroxylation is 1. The zero-order valence-corrected chi connectivity index (χ0v) is 10.4. The minimum Gasteiger partial charge on any atom is -0.394 e. The monoisotopic (exact) mass is 291 g/mol. The van der Waals surface area contributed by atoms with Gasteiger partial charge in [-0.3, -0.25) is 4.79 Å². The maximum absolute atomic E-state index is 11.7. The number of halogens is 1. The number of rotatable bonds is 5. The van der Waals surface area contributed by atoms with E-state index in [1.807, 2.05) is 6.92 Å². The smallest absolute Gasteiger partial charge is 0.283 e. The Morgan fingerprint density at radius 3 is 2.69 bits per heavy atom. The maximum Gasteiger partial charge on any atom is 0.283 e. The maximum atomic E-state index is 11.7. The van der Waals surface area contributed by atoms with Gasteiger partial charge in [0.15, 0.2) is 0 Å². The average molecular weight is 292 g/mol. The number of aliphatic hydroxyl groups is 2. The van der Waals surface area contributed by atoms with Gasteiger partial charge in [-0.15, -0.1) is 0 Å². The second-order valence-electron chi connectivity index (χ2n) is 3.20. The van der Waals surface area contributed by atoms with Gasteiger partial charge >= 0.3 is 0 Å². The molecule has 0 bridgehead atoms. The van der Waals surface area contributed by atoms with E-state index in [9.17, 15) is 4.79 Å². The lowest BCUT2D eigenvalue weighted by atomic mass is 10.3. The van der Waals surface area contributed by atoms with E-state index in [4.69, 9.17) is 10.2 Å². The van der Waals surface area contributed by atoms with Crippen LogP contribution in [0.3, 0.4) is 0 Å². The van der Waals surface area contributed by atoms with Crippen LogP contribution in [0.1, 0.15) is 6.92 Å². The van der Waals surface area contributed by atoms with Gasteiger partial charge in [0.25, 0.3) is 5.56 Å². The number of aromatic nitrogens is 2. The zero-order valence-electron chi connectivity index (χ0n) is 8.85. The lowest BCUT2D eigenvalue weighted by Gasteiger charge is -2.15. The Labute approximate surface area is 101 Å². The summed E-state index contributed by atoms with van der Waals surface area (Å²) in [5, 5.41) is 24.6. The third-order valence-corrected chi connectivity index (χ3v) is 2.85. The Kier molecular flexibility index (Phi) is 4.91. The lowest BCUT2D eigenvalue weighted by Crippen LogP contribution is -2.30. The second-order valence-corrected chi connectivity index (χ2v) is 3.99. The van der Waals surface area contributed by atoms with E-state index >= 15 is 0 Å². The first-order valence-electron chi connectivity index (χ1n) is 4.87. The average Bonchev–Trinajstić information content (AvgIpc) is 2.31. The van der Waals surface area contributed by atoms with Gasteiger partial charge < -0.3 is 15.5 Å². The molecule has 0 aliphatic rings. The van der Waals surface area contributed by atoms with Crippen LogP contribution in [0.2, 0.25) is 0 Å². The molecule has 16 heavy (non-hydrogen) atoms. The van der Waals surface area contributed by atoms with Crippen LogP contribution in [0.25, 0.3) is 0 Å². The third-order valence-electron chi connectivity index (χ3n) is 2.08. The van der Waals surface area contributed by atoms with Crippen LogP contribution in [0.15, 0.2) is 15.5 Å². The van der Waals surface area contributed by atoms with Gasteiger partial charge in [0, 0.05) is 6.54 Å². The van der Waals surface area contributed by atoms with E-state index in [2.05, 4.69) is 26.3 Å². The van der Waals surface area contributed by atoms with Gasteiger partial charge in [-0.05, 0) is 22.9 Å². The molecular weight excluding hydrogens is 278 g/mol. The molecule has 0 spiro atoms. The summed E-state index contributed by atoms with van der Waals surface area (Å²) >= 11 is 3.16. The van der Waals surface area contributed by atoms with Crippen LogP contribution in [0, 0.1) is 0 Å². The van der Waals surface area contributed by atoms with Gasteiger partial charge in [-0.25, -0.2) is 4.68 Å².